The van der Waals surface area contributed by atoms with Gasteiger partial charge in [-0.05, 0) is 63.4 Å². The van der Waals surface area contributed by atoms with Crippen LogP contribution >= 0.6 is 0 Å². The second-order valence-electron chi connectivity index (χ2n) is 10.3. The summed E-state index contributed by atoms with van der Waals surface area (Å²) in [6.45, 7) is 10.3. The van der Waals surface area contributed by atoms with Gasteiger partial charge in [0.25, 0.3) is 0 Å². The second kappa shape index (κ2) is 10.9. The van der Waals surface area contributed by atoms with Crippen LogP contribution in [0.1, 0.15) is 69.6 Å². The van der Waals surface area contributed by atoms with Crippen LogP contribution in [-0.4, -0.2) is 36.2 Å². The van der Waals surface area contributed by atoms with Crippen LogP contribution in [-0.2, 0) is 0 Å². The Hall–Kier alpha value is -3.02. The minimum Gasteiger partial charge on any atom is -0.497 e. The molecule has 0 spiro atoms. The van der Waals surface area contributed by atoms with Crippen molar-refractivity contribution >= 4 is 0 Å². The van der Waals surface area contributed by atoms with Gasteiger partial charge in [-0.25, -0.2) is 0 Å². The van der Waals surface area contributed by atoms with Gasteiger partial charge in [0.2, 0.25) is 0 Å². The lowest BCUT2D eigenvalue weighted by molar-refractivity contribution is 0.0202. The first-order valence-electron chi connectivity index (χ1n) is 12.9. The summed E-state index contributed by atoms with van der Waals surface area (Å²) in [5, 5.41) is 13.6. The molecule has 0 amide bonds. The maximum Gasteiger partial charge on any atom is 0.176 e. The zero-order chi connectivity index (χ0) is 25.9. The van der Waals surface area contributed by atoms with E-state index in [1.165, 1.54) is 11.1 Å². The van der Waals surface area contributed by atoms with Crippen molar-refractivity contribution < 1.29 is 19.3 Å². The first-order chi connectivity index (χ1) is 17.2. The summed E-state index contributed by atoms with van der Waals surface area (Å²) < 4.78 is 18.2. The lowest BCUT2D eigenvalue weighted by Crippen LogP contribution is -2.47. The Bertz CT molecular complexity index is 1130. The fourth-order valence-electron chi connectivity index (χ4n) is 5.11. The summed E-state index contributed by atoms with van der Waals surface area (Å²) in [6, 6.07) is 25.2. The molecule has 0 aromatic heterocycles. The van der Waals surface area contributed by atoms with Crippen LogP contribution in [0.3, 0.4) is 0 Å². The van der Waals surface area contributed by atoms with Gasteiger partial charge in [-0.2, -0.15) is 0 Å². The molecule has 1 aliphatic rings. The number of ether oxygens (including phenoxy) is 3. The van der Waals surface area contributed by atoms with Gasteiger partial charge in [0.15, 0.2) is 6.23 Å². The predicted molar refractivity (Wildman–Crippen MR) is 144 cm³/mol. The van der Waals surface area contributed by atoms with Gasteiger partial charge in [0.05, 0.1) is 7.11 Å². The molecular weight excluding hydrogens is 450 g/mol. The van der Waals surface area contributed by atoms with Crippen LogP contribution in [0.4, 0.5) is 0 Å². The number of hydrogen-bond acceptors (Lipinski definition) is 5. The maximum absolute atomic E-state index is 10.2. The minimum atomic E-state index is -0.640. The predicted octanol–water partition coefficient (Wildman–Crippen LogP) is 6.26. The molecule has 3 aromatic carbocycles. The lowest BCUT2D eigenvalue weighted by Gasteiger charge is -2.45. The molecule has 0 fully saturated rings. The van der Waals surface area contributed by atoms with Gasteiger partial charge >= 0.3 is 0 Å². The Morgan fingerprint density at radius 2 is 1.61 bits per heavy atom. The van der Waals surface area contributed by atoms with E-state index in [0.717, 1.165) is 29.2 Å². The van der Waals surface area contributed by atoms with E-state index < -0.39 is 17.9 Å². The molecule has 36 heavy (non-hydrogen) atoms. The molecule has 0 saturated carbocycles. The van der Waals surface area contributed by atoms with Crippen LogP contribution in [0.5, 0.6) is 17.2 Å². The SMILES string of the molecule is CCC(C)NC(Oc1ccc([C@@H]2c3ccc(OC)cc3OC(C)(C)[C@H]2c2ccccc2)cc1)C(C)O. The summed E-state index contributed by atoms with van der Waals surface area (Å²) in [5.41, 5.74) is 3.11. The molecule has 192 valence electrons. The molecule has 0 saturated heterocycles. The fourth-order valence-corrected chi connectivity index (χ4v) is 5.11. The van der Waals surface area contributed by atoms with Crippen molar-refractivity contribution in [2.24, 2.45) is 0 Å². The van der Waals surface area contributed by atoms with Crippen molar-refractivity contribution in [3.05, 3.63) is 89.5 Å². The van der Waals surface area contributed by atoms with Gasteiger partial charge < -0.3 is 19.3 Å². The van der Waals surface area contributed by atoms with Crippen molar-refractivity contribution in [2.75, 3.05) is 7.11 Å². The molecule has 5 nitrogen and oxygen atoms in total. The molecule has 5 atom stereocenters. The third-order valence-electron chi connectivity index (χ3n) is 7.17. The number of rotatable bonds is 9. The van der Waals surface area contributed by atoms with E-state index in [4.69, 9.17) is 14.2 Å². The van der Waals surface area contributed by atoms with E-state index in [9.17, 15) is 5.11 Å². The van der Waals surface area contributed by atoms with Crippen LogP contribution < -0.4 is 19.5 Å². The number of aliphatic hydroxyl groups excluding tert-OH is 1. The topological polar surface area (TPSA) is 60.0 Å². The molecule has 4 rings (SSSR count). The highest BCUT2D eigenvalue weighted by atomic mass is 16.5. The monoisotopic (exact) mass is 489 g/mol. The van der Waals surface area contributed by atoms with Crippen LogP contribution in [0.25, 0.3) is 0 Å². The smallest absolute Gasteiger partial charge is 0.176 e. The fraction of sp³-hybridized carbons (Fsp3) is 0.419. The van der Waals surface area contributed by atoms with Crippen LogP contribution in [0, 0.1) is 0 Å². The molecular formula is C31H39NO4. The first-order valence-corrected chi connectivity index (χ1v) is 12.9. The first kappa shape index (κ1) is 26.1. The van der Waals surface area contributed by atoms with E-state index in [0.29, 0.717) is 0 Å². The summed E-state index contributed by atoms with van der Waals surface area (Å²) in [7, 11) is 1.68. The molecule has 0 radical (unpaired) electrons. The van der Waals surface area contributed by atoms with E-state index in [1.807, 2.05) is 30.3 Å². The zero-order valence-corrected chi connectivity index (χ0v) is 22.2. The normalized spacial score (nSPS) is 21.0. The number of methoxy groups -OCH3 is 1. The van der Waals surface area contributed by atoms with Gasteiger partial charge in [-0.15, -0.1) is 0 Å². The van der Waals surface area contributed by atoms with Crippen LogP contribution in [0.15, 0.2) is 72.8 Å². The van der Waals surface area contributed by atoms with Crippen molar-refractivity contribution in [3.8, 4) is 17.2 Å². The molecule has 3 unspecified atom stereocenters. The van der Waals surface area contributed by atoms with Crippen molar-refractivity contribution in [2.45, 2.75) is 76.9 Å². The quantitative estimate of drug-likeness (QED) is 0.348. The molecule has 1 heterocycles. The minimum absolute atomic E-state index is 0.0805. The highest BCUT2D eigenvalue weighted by Crippen LogP contribution is 2.53. The molecule has 0 bridgehead atoms. The van der Waals surface area contributed by atoms with E-state index in [2.05, 4.69) is 75.5 Å². The highest BCUT2D eigenvalue weighted by molar-refractivity contribution is 5.52. The number of hydrogen-bond donors (Lipinski definition) is 2. The third kappa shape index (κ3) is 5.53. The average molecular weight is 490 g/mol. The standard InChI is InChI=1S/C31H39NO4/c1-7-20(2)32-30(21(3)33)35-24-15-13-22(14-16-24)28-26-18-17-25(34-6)19-27(26)36-31(4,5)29(28)23-11-9-8-10-12-23/h8-21,28-30,32-33H,7H2,1-6H3/t20?,21?,28-,29+,30?/m1/s1. The van der Waals surface area contributed by atoms with Gasteiger partial charge in [-0.1, -0.05) is 55.5 Å². The van der Waals surface area contributed by atoms with E-state index in [1.54, 1.807) is 14.0 Å². The molecule has 5 heteroatoms. The number of fused-ring (bicyclic) bond motifs is 1. The van der Waals surface area contributed by atoms with Crippen molar-refractivity contribution in [1.82, 2.24) is 5.32 Å². The highest BCUT2D eigenvalue weighted by Gasteiger charge is 2.45. The largest absolute Gasteiger partial charge is 0.497 e. The summed E-state index contributed by atoms with van der Waals surface area (Å²) in [4.78, 5) is 0. The van der Waals surface area contributed by atoms with Crippen LogP contribution in [0.2, 0.25) is 0 Å². The van der Waals surface area contributed by atoms with E-state index in [-0.39, 0.29) is 17.9 Å². The Morgan fingerprint density at radius 1 is 0.944 bits per heavy atom. The third-order valence-corrected chi connectivity index (χ3v) is 7.17. The Balaban J connectivity index is 1.72. The van der Waals surface area contributed by atoms with E-state index >= 15 is 0 Å². The van der Waals surface area contributed by atoms with Gasteiger partial charge in [0, 0.05) is 29.5 Å². The Labute approximate surface area is 215 Å². The summed E-state index contributed by atoms with van der Waals surface area (Å²) in [6.07, 6.45) is -0.159. The lowest BCUT2D eigenvalue weighted by atomic mass is 9.68. The summed E-state index contributed by atoms with van der Waals surface area (Å²) >= 11 is 0. The molecule has 1 aliphatic heterocycles. The van der Waals surface area contributed by atoms with Gasteiger partial charge in [0.1, 0.15) is 29.0 Å². The summed E-state index contributed by atoms with van der Waals surface area (Å²) in [5.74, 6) is 2.53. The molecule has 0 aliphatic carbocycles. The average Bonchev–Trinajstić information content (AvgIpc) is 2.87. The zero-order valence-electron chi connectivity index (χ0n) is 22.2. The number of benzene rings is 3. The number of aliphatic hydroxyl groups is 1. The Morgan fingerprint density at radius 3 is 2.22 bits per heavy atom. The van der Waals surface area contributed by atoms with Gasteiger partial charge in [-0.3, -0.25) is 5.32 Å². The molecule has 2 N–H and O–H groups in total. The number of nitrogens with one attached hydrogen (secondary N) is 1. The maximum atomic E-state index is 10.2. The van der Waals surface area contributed by atoms with Crippen molar-refractivity contribution in [1.29, 1.82) is 0 Å². The van der Waals surface area contributed by atoms with Crippen molar-refractivity contribution in [3.63, 3.8) is 0 Å². The molecule has 3 aromatic rings. The second-order valence-corrected chi connectivity index (χ2v) is 10.3. The Kier molecular flexibility index (Phi) is 7.91.